The number of carbonyl (C=O) groups is 1. The Bertz CT molecular complexity index is 457. The fourth-order valence-corrected chi connectivity index (χ4v) is 2.27. The highest BCUT2D eigenvalue weighted by Crippen LogP contribution is 2.11. The van der Waals surface area contributed by atoms with Gasteiger partial charge in [0.2, 0.25) is 0 Å². The molecule has 0 unspecified atom stereocenters. The summed E-state index contributed by atoms with van der Waals surface area (Å²) in [5.41, 5.74) is 1.08. The average molecular weight is 286 g/mol. The fourth-order valence-electron chi connectivity index (χ4n) is 2.27. The second-order valence-corrected chi connectivity index (χ2v) is 5.30. The molecule has 114 valence electrons. The lowest BCUT2D eigenvalue weighted by atomic mass is 10.1. The molecular weight excluding hydrogens is 260 g/mol. The van der Waals surface area contributed by atoms with Crippen LogP contribution in [0.25, 0.3) is 0 Å². The summed E-state index contributed by atoms with van der Waals surface area (Å²) in [4.78, 5) is 11.9. The molecular formula is C19H26O2. The molecule has 0 radical (unpaired) electrons. The molecule has 0 bridgehead atoms. The zero-order valence-electron chi connectivity index (χ0n) is 13.1. The van der Waals surface area contributed by atoms with Crippen molar-refractivity contribution in [1.82, 2.24) is 0 Å². The van der Waals surface area contributed by atoms with Gasteiger partial charge in [-0.15, -0.1) is 6.42 Å². The van der Waals surface area contributed by atoms with Crippen LogP contribution in [0, 0.1) is 12.3 Å². The number of hydrogen-bond acceptors (Lipinski definition) is 2. The maximum Gasteiger partial charge on any atom is 0.339 e. The molecule has 1 aromatic carbocycles. The fraction of sp³-hybridized carbons (Fsp3) is 0.526. The lowest BCUT2D eigenvalue weighted by Crippen LogP contribution is -2.08. The largest absolute Gasteiger partial charge is 0.462 e. The highest BCUT2D eigenvalue weighted by Gasteiger charge is 2.10. The summed E-state index contributed by atoms with van der Waals surface area (Å²) < 4.78 is 5.28. The van der Waals surface area contributed by atoms with Gasteiger partial charge in [0.05, 0.1) is 12.2 Å². The summed E-state index contributed by atoms with van der Waals surface area (Å²) in [7, 11) is 0. The zero-order valence-corrected chi connectivity index (χ0v) is 13.1. The van der Waals surface area contributed by atoms with Gasteiger partial charge in [0, 0.05) is 5.56 Å². The average Bonchev–Trinajstić information content (AvgIpc) is 2.53. The van der Waals surface area contributed by atoms with E-state index in [0.717, 1.165) is 12.8 Å². The summed E-state index contributed by atoms with van der Waals surface area (Å²) >= 11 is 0. The molecule has 0 fully saturated rings. The summed E-state index contributed by atoms with van der Waals surface area (Å²) in [6.45, 7) is 2.71. The standard InChI is InChI=1S/C19H26O2/c1-3-5-6-7-8-9-10-13-16-21-19(20)18-15-12-11-14-17(18)4-2/h2,11-12,14-15H,3,5-10,13,16H2,1H3. The van der Waals surface area contributed by atoms with Crippen LogP contribution in [0.1, 0.15) is 74.2 Å². The van der Waals surface area contributed by atoms with Gasteiger partial charge >= 0.3 is 5.97 Å². The third-order valence-electron chi connectivity index (χ3n) is 3.53. The van der Waals surface area contributed by atoms with Crippen LogP contribution in [-0.2, 0) is 4.74 Å². The Labute approximate surface area is 128 Å². The van der Waals surface area contributed by atoms with Crippen LogP contribution in [0.5, 0.6) is 0 Å². The molecule has 0 aliphatic rings. The predicted molar refractivity (Wildman–Crippen MR) is 87.3 cm³/mol. The Morgan fingerprint density at radius 1 is 1.05 bits per heavy atom. The third kappa shape index (κ3) is 6.99. The molecule has 0 heterocycles. The van der Waals surface area contributed by atoms with E-state index in [9.17, 15) is 4.79 Å². The third-order valence-corrected chi connectivity index (χ3v) is 3.53. The molecule has 0 N–H and O–H groups in total. The van der Waals surface area contributed by atoms with E-state index in [-0.39, 0.29) is 5.97 Å². The molecule has 0 atom stereocenters. The second kappa shape index (κ2) is 11.0. The van der Waals surface area contributed by atoms with Crippen molar-refractivity contribution < 1.29 is 9.53 Å². The highest BCUT2D eigenvalue weighted by molar-refractivity contribution is 5.92. The minimum atomic E-state index is -0.313. The number of benzene rings is 1. The van der Waals surface area contributed by atoms with Gasteiger partial charge in [0.15, 0.2) is 0 Å². The number of terminal acetylenes is 1. The van der Waals surface area contributed by atoms with Crippen LogP contribution in [-0.4, -0.2) is 12.6 Å². The van der Waals surface area contributed by atoms with Gasteiger partial charge < -0.3 is 4.74 Å². The van der Waals surface area contributed by atoms with Crippen molar-refractivity contribution in [2.24, 2.45) is 0 Å². The number of hydrogen-bond donors (Lipinski definition) is 0. The van der Waals surface area contributed by atoms with E-state index < -0.39 is 0 Å². The molecule has 2 heteroatoms. The van der Waals surface area contributed by atoms with Crippen LogP contribution >= 0.6 is 0 Å². The maximum atomic E-state index is 11.9. The van der Waals surface area contributed by atoms with Gasteiger partial charge in [-0.1, -0.05) is 69.9 Å². The van der Waals surface area contributed by atoms with E-state index in [1.165, 1.54) is 38.5 Å². The predicted octanol–water partition coefficient (Wildman–Crippen LogP) is 4.97. The van der Waals surface area contributed by atoms with Gasteiger partial charge in [0.25, 0.3) is 0 Å². The lowest BCUT2D eigenvalue weighted by Gasteiger charge is -2.06. The Balaban J connectivity index is 2.13. The molecule has 0 aromatic heterocycles. The smallest absolute Gasteiger partial charge is 0.339 e. The van der Waals surface area contributed by atoms with Crippen molar-refractivity contribution in [1.29, 1.82) is 0 Å². The summed E-state index contributed by atoms with van der Waals surface area (Å²) in [6, 6.07) is 7.09. The Morgan fingerprint density at radius 2 is 1.67 bits per heavy atom. The summed E-state index contributed by atoms with van der Waals surface area (Å²) in [5.74, 6) is 2.20. The Morgan fingerprint density at radius 3 is 2.33 bits per heavy atom. The number of carbonyl (C=O) groups excluding carboxylic acids is 1. The van der Waals surface area contributed by atoms with Crippen LogP contribution in [0.2, 0.25) is 0 Å². The molecule has 0 amide bonds. The Kier molecular flexibility index (Phi) is 9.04. The first-order valence-electron chi connectivity index (χ1n) is 8.02. The van der Waals surface area contributed by atoms with E-state index in [0.29, 0.717) is 17.7 Å². The van der Waals surface area contributed by atoms with Gasteiger partial charge in [-0.3, -0.25) is 0 Å². The van der Waals surface area contributed by atoms with Crippen molar-refractivity contribution in [3.05, 3.63) is 35.4 Å². The van der Waals surface area contributed by atoms with Crippen LogP contribution in [0.15, 0.2) is 24.3 Å². The Hall–Kier alpha value is -1.75. The molecule has 21 heavy (non-hydrogen) atoms. The first kappa shape index (κ1) is 17.3. The molecule has 1 rings (SSSR count). The van der Waals surface area contributed by atoms with E-state index in [1.54, 1.807) is 18.2 Å². The molecule has 0 aliphatic carbocycles. The van der Waals surface area contributed by atoms with Crippen molar-refractivity contribution in [3.63, 3.8) is 0 Å². The van der Waals surface area contributed by atoms with Gasteiger partial charge in [-0.05, 0) is 18.6 Å². The van der Waals surface area contributed by atoms with E-state index in [2.05, 4.69) is 12.8 Å². The molecule has 0 aliphatic heterocycles. The first-order chi connectivity index (χ1) is 10.3. The SMILES string of the molecule is C#Cc1ccccc1C(=O)OCCCCCCCCCC. The topological polar surface area (TPSA) is 26.3 Å². The summed E-state index contributed by atoms with van der Waals surface area (Å²) in [5, 5.41) is 0. The van der Waals surface area contributed by atoms with E-state index >= 15 is 0 Å². The van der Waals surface area contributed by atoms with Gasteiger partial charge in [0.1, 0.15) is 0 Å². The van der Waals surface area contributed by atoms with Crippen LogP contribution in [0.4, 0.5) is 0 Å². The lowest BCUT2D eigenvalue weighted by molar-refractivity contribution is 0.0497. The van der Waals surface area contributed by atoms with Crippen molar-refractivity contribution in [3.8, 4) is 12.3 Å². The zero-order chi connectivity index (χ0) is 15.3. The number of esters is 1. The number of unbranched alkanes of at least 4 members (excludes halogenated alkanes) is 7. The normalized spacial score (nSPS) is 10.1. The van der Waals surface area contributed by atoms with E-state index in [4.69, 9.17) is 11.2 Å². The van der Waals surface area contributed by atoms with Crippen molar-refractivity contribution in [2.45, 2.75) is 58.3 Å². The maximum absolute atomic E-state index is 11.9. The molecule has 0 spiro atoms. The molecule has 0 saturated heterocycles. The molecule has 2 nitrogen and oxygen atoms in total. The summed E-state index contributed by atoms with van der Waals surface area (Å²) in [6.07, 6.45) is 15.2. The monoisotopic (exact) mass is 286 g/mol. The van der Waals surface area contributed by atoms with Crippen molar-refractivity contribution in [2.75, 3.05) is 6.61 Å². The molecule has 1 aromatic rings. The van der Waals surface area contributed by atoms with Crippen LogP contribution < -0.4 is 0 Å². The number of ether oxygens (including phenoxy) is 1. The first-order valence-corrected chi connectivity index (χ1v) is 8.02. The van der Waals surface area contributed by atoms with Gasteiger partial charge in [-0.25, -0.2) is 4.79 Å². The minimum absolute atomic E-state index is 0.313. The quantitative estimate of drug-likeness (QED) is 0.345. The minimum Gasteiger partial charge on any atom is -0.462 e. The number of rotatable bonds is 10. The highest BCUT2D eigenvalue weighted by atomic mass is 16.5. The van der Waals surface area contributed by atoms with Gasteiger partial charge in [-0.2, -0.15) is 0 Å². The van der Waals surface area contributed by atoms with Crippen molar-refractivity contribution >= 4 is 5.97 Å². The van der Waals surface area contributed by atoms with Crippen LogP contribution in [0.3, 0.4) is 0 Å². The molecule has 0 saturated carbocycles. The van der Waals surface area contributed by atoms with E-state index in [1.807, 2.05) is 6.07 Å². The second-order valence-electron chi connectivity index (χ2n) is 5.30.